The Hall–Kier alpha value is -1.88. The fraction of sp³-hybridized carbons (Fsp3) is 0.250. The van der Waals surface area contributed by atoms with E-state index in [1.54, 1.807) is 0 Å². The predicted molar refractivity (Wildman–Crippen MR) is 80.3 cm³/mol. The lowest BCUT2D eigenvalue weighted by molar-refractivity contribution is 0.562. The molecule has 3 nitrogen and oxygen atoms in total. The van der Waals surface area contributed by atoms with Crippen LogP contribution >= 0.6 is 0 Å². The van der Waals surface area contributed by atoms with Crippen LogP contribution in [-0.4, -0.2) is 14.5 Å². The smallest absolute Gasteiger partial charge is 0.263 e. The summed E-state index contributed by atoms with van der Waals surface area (Å²) in [6, 6.07) is 12.4. The van der Waals surface area contributed by atoms with Gasteiger partial charge in [-0.2, -0.15) is 0 Å². The van der Waals surface area contributed by atoms with Crippen molar-refractivity contribution in [1.82, 2.24) is 0 Å². The van der Waals surface area contributed by atoms with Gasteiger partial charge in [0.05, 0.1) is 10.6 Å². The summed E-state index contributed by atoms with van der Waals surface area (Å²) < 4.78 is 40.2. The Kier molecular flexibility index (Phi) is 3.45. The maximum atomic E-state index is 13.0. The van der Waals surface area contributed by atoms with Crippen molar-refractivity contribution in [2.24, 2.45) is 0 Å². The summed E-state index contributed by atoms with van der Waals surface area (Å²) in [6.45, 7) is 1.90. The van der Waals surface area contributed by atoms with Crippen molar-refractivity contribution in [3.8, 4) is 0 Å². The van der Waals surface area contributed by atoms with Crippen LogP contribution in [0.4, 0.5) is 10.1 Å². The lowest BCUT2D eigenvalue weighted by Crippen LogP contribution is -2.42. The number of benzene rings is 2. The number of rotatable bonds is 2. The molecule has 1 aliphatic rings. The highest BCUT2D eigenvalue weighted by Crippen LogP contribution is 2.35. The van der Waals surface area contributed by atoms with Gasteiger partial charge in [0.1, 0.15) is 5.82 Å². The molecular weight excluding hydrogens is 289 g/mol. The third-order valence-electron chi connectivity index (χ3n) is 3.83. The van der Waals surface area contributed by atoms with Gasteiger partial charge in [0, 0.05) is 6.04 Å². The van der Waals surface area contributed by atoms with Crippen LogP contribution in [0.1, 0.15) is 18.9 Å². The summed E-state index contributed by atoms with van der Waals surface area (Å²) in [5, 5.41) is 0. The fourth-order valence-electron chi connectivity index (χ4n) is 2.74. The summed E-state index contributed by atoms with van der Waals surface area (Å²) in [7, 11) is -3.67. The predicted octanol–water partition coefficient (Wildman–Crippen LogP) is 3.36. The van der Waals surface area contributed by atoms with Crippen molar-refractivity contribution >= 4 is 15.7 Å². The number of sulfonamides is 1. The standard InChI is InChI=1S/C16H16FNO2S/c1-12-6-7-13-4-2-3-5-16(13)18(12)21(19,20)15-10-8-14(17)9-11-15/h2-5,8-12H,6-7H2,1H3/t12-/m0/s1. The van der Waals surface area contributed by atoms with Gasteiger partial charge in [0.2, 0.25) is 0 Å². The molecule has 0 aromatic heterocycles. The lowest BCUT2D eigenvalue weighted by atomic mass is 9.99. The normalized spacial score (nSPS) is 18.4. The molecule has 0 bridgehead atoms. The molecule has 0 spiro atoms. The van der Waals surface area contributed by atoms with E-state index >= 15 is 0 Å². The molecule has 1 heterocycles. The van der Waals surface area contributed by atoms with E-state index in [-0.39, 0.29) is 10.9 Å². The van der Waals surface area contributed by atoms with Crippen molar-refractivity contribution in [3.05, 3.63) is 59.9 Å². The Morgan fingerprint density at radius 1 is 1.10 bits per heavy atom. The first-order valence-corrected chi connectivity index (χ1v) is 8.32. The highest BCUT2D eigenvalue weighted by atomic mass is 32.2. The number of fused-ring (bicyclic) bond motifs is 1. The van der Waals surface area contributed by atoms with Gasteiger partial charge >= 0.3 is 0 Å². The maximum absolute atomic E-state index is 13.0. The summed E-state index contributed by atoms with van der Waals surface area (Å²) >= 11 is 0. The van der Waals surface area contributed by atoms with Gasteiger partial charge < -0.3 is 0 Å². The van der Waals surface area contributed by atoms with Gasteiger partial charge in [-0.15, -0.1) is 0 Å². The van der Waals surface area contributed by atoms with Crippen LogP contribution in [0, 0.1) is 5.82 Å². The molecule has 0 saturated heterocycles. The van der Waals surface area contributed by atoms with E-state index in [0.717, 1.165) is 24.1 Å². The molecule has 0 amide bonds. The topological polar surface area (TPSA) is 37.4 Å². The number of aryl methyl sites for hydroxylation is 1. The first-order chi connectivity index (χ1) is 10.00. The molecule has 3 rings (SSSR count). The first kappa shape index (κ1) is 14.1. The van der Waals surface area contributed by atoms with E-state index in [1.165, 1.54) is 28.6 Å². The number of para-hydroxylation sites is 1. The van der Waals surface area contributed by atoms with E-state index in [9.17, 15) is 12.8 Å². The van der Waals surface area contributed by atoms with Gasteiger partial charge in [0.25, 0.3) is 10.0 Å². The molecule has 0 radical (unpaired) electrons. The Morgan fingerprint density at radius 3 is 2.48 bits per heavy atom. The second-order valence-electron chi connectivity index (χ2n) is 5.27. The summed E-state index contributed by atoms with van der Waals surface area (Å²) in [5.74, 6) is -0.443. The number of halogens is 1. The van der Waals surface area contributed by atoms with Crippen molar-refractivity contribution in [1.29, 1.82) is 0 Å². The Labute approximate surface area is 124 Å². The molecule has 0 unspecified atom stereocenters. The van der Waals surface area contributed by atoms with Crippen molar-refractivity contribution in [2.45, 2.75) is 30.7 Å². The van der Waals surface area contributed by atoms with Crippen molar-refractivity contribution in [2.75, 3.05) is 4.31 Å². The summed E-state index contributed by atoms with van der Waals surface area (Å²) in [6.07, 6.45) is 1.64. The first-order valence-electron chi connectivity index (χ1n) is 6.88. The highest BCUT2D eigenvalue weighted by Gasteiger charge is 2.33. The Morgan fingerprint density at radius 2 is 1.76 bits per heavy atom. The molecule has 1 atom stereocenters. The molecule has 0 fully saturated rings. The monoisotopic (exact) mass is 305 g/mol. The van der Waals surface area contributed by atoms with Crippen molar-refractivity contribution in [3.63, 3.8) is 0 Å². The van der Waals surface area contributed by atoms with Crippen LogP contribution < -0.4 is 4.31 Å². The third-order valence-corrected chi connectivity index (χ3v) is 5.77. The highest BCUT2D eigenvalue weighted by molar-refractivity contribution is 7.92. The Balaban J connectivity index is 2.12. The van der Waals surface area contributed by atoms with E-state index < -0.39 is 15.8 Å². The van der Waals surface area contributed by atoms with Crippen LogP contribution in [0.15, 0.2) is 53.4 Å². The minimum absolute atomic E-state index is 0.116. The summed E-state index contributed by atoms with van der Waals surface area (Å²) in [4.78, 5) is 0.118. The largest absolute Gasteiger partial charge is 0.264 e. The molecule has 0 N–H and O–H groups in total. The third kappa shape index (κ3) is 2.42. The zero-order chi connectivity index (χ0) is 15.0. The van der Waals surface area contributed by atoms with E-state index in [0.29, 0.717) is 0 Å². The molecule has 5 heteroatoms. The van der Waals surface area contributed by atoms with Gasteiger partial charge in [-0.1, -0.05) is 18.2 Å². The van der Waals surface area contributed by atoms with Crippen LogP contribution in [0.25, 0.3) is 0 Å². The zero-order valence-corrected chi connectivity index (χ0v) is 12.5. The molecule has 1 aliphatic heterocycles. The minimum Gasteiger partial charge on any atom is -0.263 e. The van der Waals surface area contributed by atoms with Crippen LogP contribution in [-0.2, 0) is 16.4 Å². The molecule has 2 aromatic rings. The number of anilines is 1. The van der Waals surface area contributed by atoms with E-state index in [1.807, 2.05) is 31.2 Å². The van der Waals surface area contributed by atoms with E-state index in [2.05, 4.69) is 0 Å². The average molecular weight is 305 g/mol. The van der Waals surface area contributed by atoms with E-state index in [4.69, 9.17) is 0 Å². The molecule has 0 saturated carbocycles. The maximum Gasteiger partial charge on any atom is 0.264 e. The fourth-order valence-corrected chi connectivity index (χ4v) is 4.47. The number of hydrogen-bond acceptors (Lipinski definition) is 2. The number of nitrogens with zero attached hydrogens (tertiary/aromatic N) is 1. The molecule has 110 valence electrons. The quantitative estimate of drug-likeness (QED) is 0.853. The van der Waals surface area contributed by atoms with Crippen LogP contribution in [0.5, 0.6) is 0 Å². The molecular formula is C16H16FNO2S. The average Bonchev–Trinajstić information content (AvgIpc) is 2.47. The minimum atomic E-state index is -3.67. The zero-order valence-electron chi connectivity index (χ0n) is 11.7. The molecule has 0 aliphatic carbocycles. The second-order valence-corrected chi connectivity index (χ2v) is 7.09. The van der Waals surface area contributed by atoms with Gasteiger partial charge in [-0.3, -0.25) is 4.31 Å². The van der Waals surface area contributed by atoms with Gasteiger partial charge in [0.15, 0.2) is 0 Å². The van der Waals surface area contributed by atoms with Gasteiger partial charge in [-0.25, -0.2) is 12.8 Å². The summed E-state index contributed by atoms with van der Waals surface area (Å²) in [5.41, 5.74) is 1.75. The SMILES string of the molecule is C[C@H]1CCc2ccccc2N1S(=O)(=O)c1ccc(F)cc1. The van der Waals surface area contributed by atoms with Crippen LogP contribution in [0.3, 0.4) is 0 Å². The molecule has 2 aromatic carbocycles. The number of hydrogen-bond donors (Lipinski definition) is 0. The Bertz CT molecular complexity index is 756. The lowest BCUT2D eigenvalue weighted by Gasteiger charge is -2.35. The van der Waals surface area contributed by atoms with Crippen molar-refractivity contribution < 1.29 is 12.8 Å². The second kappa shape index (κ2) is 5.15. The van der Waals surface area contributed by atoms with Gasteiger partial charge in [-0.05, 0) is 55.7 Å². The van der Waals surface area contributed by atoms with Crippen LogP contribution in [0.2, 0.25) is 0 Å². The molecule has 21 heavy (non-hydrogen) atoms.